The highest BCUT2D eigenvalue weighted by atomic mass is 31.1. The van der Waals surface area contributed by atoms with Gasteiger partial charge in [0.05, 0.1) is 13.7 Å². The molecule has 0 aromatic heterocycles. The van der Waals surface area contributed by atoms with Crippen molar-refractivity contribution >= 4 is 8.03 Å². The van der Waals surface area contributed by atoms with Crippen LogP contribution in [-0.4, -0.2) is 24.8 Å². The largest absolute Gasteiger partial charge is 0.506 e. The third-order valence-corrected chi connectivity index (χ3v) is 7.51. The van der Waals surface area contributed by atoms with Crippen LogP contribution in [0.15, 0.2) is 42.5 Å². The number of hydrogen-bond acceptors (Lipinski definition) is 3. The van der Waals surface area contributed by atoms with Gasteiger partial charge < -0.3 is 9.47 Å². The Hall–Kier alpha value is -1.97. The molecule has 0 radical (unpaired) electrons. The first kappa shape index (κ1) is 22.2. The average molecular weight is 445 g/mol. The minimum atomic E-state index is -2.14. The zero-order valence-electron chi connectivity index (χ0n) is 18.0. The van der Waals surface area contributed by atoms with Crippen molar-refractivity contribution in [1.82, 2.24) is 0 Å². The second kappa shape index (κ2) is 10.1. The molecule has 2 saturated carbocycles. The number of methoxy groups -OCH3 is 1. The lowest BCUT2D eigenvalue weighted by Crippen LogP contribution is -2.20. The molecule has 1 N–H and O–H groups in total. The molecule has 2 fully saturated rings. The second-order valence-electron chi connectivity index (χ2n) is 8.97. The fraction of sp³-hybridized carbons (Fsp3) is 0.520. The maximum absolute atomic E-state index is 14.3. The normalized spacial score (nSPS) is 22.6. The fourth-order valence-electron chi connectivity index (χ4n) is 4.84. The van der Waals surface area contributed by atoms with Crippen molar-refractivity contribution in [1.29, 1.82) is 0 Å². The van der Waals surface area contributed by atoms with Crippen LogP contribution in [0.1, 0.15) is 61.5 Å². The van der Waals surface area contributed by atoms with Crippen LogP contribution in [0.4, 0.5) is 4.39 Å². The first-order valence-corrected chi connectivity index (χ1v) is 12.6. The zero-order valence-corrected chi connectivity index (χ0v) is 18.9. The van der Waals surface area contributed by atoms with Crippen LogP contribution >= 0.6 is 8.03 Å². The van der Waals surface area contributed by atoms with Gasteiger partial charge in [0.2, 0.25) is 0 Å². The van der Waals surface area contributed by atoms with Gasteiger partial charge in [0.15, 0.2) is 6.16 Å². The molecule has 1 unspecified atom stereocenters. The van der Waals surface area contributed by atoms with Gasteiger partial charge in [-0.3, -0.25) is 0 Å². The molecule has 0 aliphatic heterocycles. The van der Waals surface area contributed by atoms with Crippen LogP contribution in [0.25, 0.3) is 0 Å². The van der Waals surface area contributed by atoms with Crippen molar-refractivity contribution < 1.29 is 23.3 Å². The average Bonchev–Trinajstić information content (AvgIpc) is 3.62. The lowest BCUT2D eigenvalue weighted by atomic mass is 9.79. The Bertz CT molecular complexity index is 906. The molecule has 2 aromatic carbocycles. The SMILES string of the molecule is COc1ccc(F)c(C2CCC(COc3cccc([C@H](C[P+](=O)O)C4CC4)c3)CC2)c1. The Labute approximate surface area is 184 Å². The van der Waals surface area contributed by atoms with Gasteiger partial charge in [-0.1, -0.05) is 12.1 Å². The molecule has 2 aliphatic carbocycles. The number of halogens is 1. The Morgan fingerprint density at radius 3 is 2.52 bits per heavy atom. The predicted molar refractivity (Wildman–Crippen MR) is 120 cm³/mol. The van der Waals surface area contributed by atoms with E-state index in [0.717, 1.165) is 55.4 Å². The maximum Gasteiger partial charge on any atom is 0.506 e. The summed E-state index contributed by atoms with van der Waals surface area (Å²) < 4.78 is 37.1. The fourth-order valence-corrected chi connectivity index (χ4v) is 5.69. The summed E-state index contributed by atoms with van der Waals surface area (Å²) >= 11 is 0. The number of hydrogen-bond donors (Lipinski definition) is 1. The molecule has 6 heteroatoms. The first-order valence-electron chi connectivity index (χ1n) is 11.2. The quantitative estimate of drug-likeness (QED) is 0.453. The number of rotatable bonds is 9. The molecule has 0 heterocycles. The third kappa shape index (κ3) is 5.84. The van der Waals surface area contributed by atoms with Crippen LogP contribution in [0.2, 0.25) is 0 Å². The molecule has 2 atom stereocenters. The van der Waals surface area contributed by atoms with Crippen molar-refractivity contribution in [3.8, 4) is 11.5 Å². The molecule has 0 amide bonds. The minimum Gasteiger partial charge on any atom is -0.497 e. The van der Waals surface area contributed by atoms with E-state index in [1.807, 2.05) is 30.3 Å². The molecule has 31 heavy (non-hydrogen) atoms. The van der Waals surface area contributed by atoms with Gasteiger partial charge in [0, 0.05) is 5.92 Å². The van der Waals surface area contributed by atoms with Crippen molar-refractivity contribution in [3.05, 3.63) is 59.4 Å². The summed E-state index contributed by atoms with van der Waals surface area (Å²) in [5, 5.41) is 0. The van der Waals surface area contributed by atoms with E-state index < -0.39 is 8.03 Å². The smallest absolute Gasteiger partial charge is 0.497 e. The van der Waals surface area contributed by atoms with Crippen molar-refractivity contribution in [2.45, 2.75) is 50.4 Å². The highest BCUT2D eigenvalue weighted by Crippen LogP contribution is 2.46. The van der Waals surface area contributed by atoms with Crippen molar-refractivity contribution in [3.63, 3.8) is 0 Å². The van der Waals surface area contributed by atoms with E-state index in [9.17, 15) is 13.8 Å². The Kier molecular flexibility index (Phi) is 7.24. The van der Waals surface area contributed by atoms with Gasteiger partial charge in [0.1, 0.15) is 17.3 Å². The summed E-state index contributed by atoms with van der Waals surface area (Å²) in [6, 6.07) is 13.0. The highest BCUT2D eigenvalue weighted by Gasteiger charge is 2.37. The summed E-state index contributed by atoms with van der Waals surface area (Å²) in [7, 11) is -0.530. The Balaban J connectivity index is 1.31. The van der Waals surface area contributed by atoms with Gasteiger partial charge in [-0.25, -0.2) is 4.39 Å². The molecule has 0 bridgehead atoms. The number of ether oxygens (including phenoxy) is 2. The molecule has 2 aromatic rings. The lowest BCUT2D eigenvalue weighted by Gasteiger charge is -2.29. The standard InChI is InChI=1S/C25H30FO4P/c1-29-21-11-12-25(26)23(14-21)18-7-5-17(6-8-18)15-30-22-4-2-3-20(13-22)24(16-31(27)28)19-9-10-19/h2-4,11-14,17-19,24H,5-10,15-16H2,1H3/p+1/t17?,18?,24-/m1/s1. The van der Waals surface area contributed by atoms with Gasteiger partial charge in [-0.05, 0) is 102 Å². The summed E-state index contributed by atoms with van der Waals surface area (Å²) in [4.78, 5) is 9.40. The second-order valence-corrected chi connectivity index (χ2v) is 10.0. The Morgan fingerprint density at radius 1 is 1.06 bits per heavy atom. The van der Waals surface area contributed by atoms with Crippen LogP contribution in [-0.2, 0) is 4.57 Å². The van der Waals surface area contributed by atoms with Gasteiger partial charge in [-0.2, -0.15) is 4.89 Å². The van der Waals surface area contributed by atoms with Gasteiger partial charge in [-0.15, -0.1) is 0 Å². The third-order valence-electron chi connectivity index (χ3n) is 6.81. The molecule has 2 aliphatic rings. The predicted octanol–water partition coefficient (Wildman–Crippen LogP) is 6.42. The van der Waals surface area contributed by atoms with E-state index in [-0.39, 0.29) is 17.7 Å². The lowest BCUT2D eigenvalue weighted by molar-refractivity contribution is 0.199. The number of benzene rings is 2. The van der Waals surface area contributed by atoms with Crippen LogP contribution in [0, 0.1) is 17.7 Å². The van der Waals surface area contributed by atoms with Gasteiger partial charge >= 0.3 is 8.03 Å². The summed E-state index contributed by atoms with van der Waals surface area (Å²) in [5.41, 5.74) is 1.87. The molecular formula is C25H31FO4P+. The van der Waals surface area contributed by atoms with E-state index in [0.29, 0.717) is 30.4 Å². The first-order chi connectivity index (χ1) is 15.0. The molecule has 4 rings (SSSR count). The molecule has 0 spiro atoms. The van der Waals surface area contributed by atoms with Gasteiger partial charge in [0.25, 0.3) is 0 Å². The highest BCUT2D eigenvalue weighted by molar-refractivity contribution is 7.38. The van der Waals surface area contributed by atoms with E-state index in [1.54, 1.807) is 13.2 Å². The van der Waals surface area contributed by atoms with Crippen LogP contribution < -0.4 is 9.47 Å². The minimum absolute atomic E-state index is 0.144. The van der Waals surface area contributed by atoms with E-state index in [2.05, 4.69) is 0 Å². The zero-order chi connectivity index (χ0) is 21.8. The molecule has 166 valence electrons. The molecule has 0 saturated heterocycles. The van der Waals surface area contributed by atoms with E-state index in [4.69, 9.17) is 9.47 Å². The monoisotopic (exact) mass is 445 g/mol. The van der Waals surface area contributed by atoms with Crippen LogP contribution in [0.3, 0.4) is 0 Å². The topological polar surface area (TPSA) is 55.8 Å². The van der Waals surface area contributed by atoms with Crippen LogP contribution in [0.5, 0.6) is 11.5 Å². The molecular weight excluding hydrogens is 414 g/mol. The van der Waals surface area contributed by atoms with E-state index in [1.165, 1.54) is 6.07 Å². The molecule has 4 nitrogen and oxygen atoms in total. The maximum atomic E-state index is 14.3. The van der Waals surface area contributed by atoms with Crippen molar-refractivity contribution in [2.24, 2.45) is 11.8 Å². The Morgan fingerprint density at radius 2 is 1.84 bits per heavy atom. The van der Waals surface area contributed by atoms with E-state index >= 15 is 0 Å². The summed E-state index contributed by atoms with van der Waals surface area (Å²) in [6.45, 7) is 0.652. The summed E-state index contributed by atoms with van der Waals surface area (Å²) in [6.07, 6.45) is 6.52. The van der Waals surface area contributed by atoms with Crippen molar-refractivity contribution in [2.75, 3.05) is 19.9 Å². The summed E-state index contributed by atoms with van der Waals surface area (Å²) in [5.74, 6) is 2.74.